The van der Waals surface area contributed by atoms with E-state index in [0.29, 0.717) is 17.4 Å². The summed E-state index contributed by atoms with van der Waals surface area (Å²) in [4.78, 5) is 0. The quantitative estimate of drug-likeness (QED) is 0.360. The molecule has 4 saturated carbocycles. The fraction of sp³-hybridized carbons (Fsp3) is 1.00. The molecule has 9 atom stereocenters. The molecule has 0 bridgehead atoms. The van der Waals surface area contributed by atoms with Gasteiger partial charge in [0.25, 0.3) is 0 Å². The van der Waals surface area contributed by atoms with Gasteiger partial charge in [-0.15, -0.1) is 0 Å². The molecule has 0 aromatic rings. The van der Waals surface area contributed by atoms with Gasteiger partial charge >= 0.3 is 0 Å². The smallest absolute Gasteiger partial charge is 0.0891 e. The lowest BCUT2D eigenvalue weighted by atomic mass is 9.45. The number of nitrogens with zero attached hydrogens (tertiary/aromatic N) is 2. The molecule has 6 fully saturated rings. The molecule has 2 saturated heterocycles. The van der Waals surface area contributed by atoms with E-state index in [-0.39, 0.29) is 35.5 Å². The topological polar surface area (TPSA) is 23.1 Å². The first-order valence-electron chi connectivity index (χ1n) is 15.0. The molecular formula is C30H53IN2O. The SMILES string of the molecule is C[C@]12CCC3C(CC[C@H]4C[C@@H]([N+]5(C)CCCC5)CC[C@]34C)C1C[C@H]([N+]1(C)CCCCC1)[C@@H]2[O-].[I-]. The summed E-state index contributed by atoms with van der Waals surface area (Å²) >= 11 is 0. The summed E-state index contributed by atoms with van der Waals surface area (Å²) in [5.74, 6) is 3.40. The van der Waals surface area contributed by atoms with Crippen LogP contribution >= 0.6 is 0 Å². The Morgan fingerprint density at radius 2 is 1.29 bits per heavy atom. The standard InChI is InChI=1S/C30H53N2O.HI/c1-29-14-12-23(31(3)16-8-9-17-31)20-22(29)10-11-24-25(29)13-15-30(2)26(24)21-27(28(30)33)32(4)18-6-5-7-19-32;/h22-28H,5-21H2,1-4H3;1H/q+1;/p-1/t22-,23-,24?,25?,26?,27-,28-,29-,30-;/m0./s1. The van der Waals surface area contributed by atoms with E-state index in [2.05, 4.69) is 27.9 Å². The molecule has 0 aromatic heterocycles. The second-order valence-corrected chi connectivity index (χ2v) is 15.0. The predicted octanol–water partition coefficient (Wildman–Crippen LogP) is 1.98. The normalized spacial score (nSPS) is 51.6. The summed E-state index contributed by atoms with van der Waals surface area (Å²) < 4.78 is 2.49. The van der Waals surface area contributed by atoms with Crippen LogP contribution in [0.2, 0.25) is 0 Å². The molecule has 3 unspecified atom stereocenters. The Balaban J connectivity index is 0.00000241. The van der Waals surface area contributed by atoms with Gasteiger partial charge in [0, 0.05) is 25.7 Å². The van der Waals surface area contributed by atoms with Gasteiger partial charge in [0.15, 0.2) is 0 Å². The molecule has 3 nitrogen and oxygen atoms in total. The molecule has 0 amide bonds. The van der Waals surface area contributed by atoms with E-state index in [1.54, 1.807) is 0 Å². The van der Waals surface area contributed by atoms with Crippen LogP contribution in [0.25, 0.3) is 0 Å². The Bertz CT molecular complexity index is 746. The van der Waals surface area contributed by atoms with E-state index >= 15 is 0 Å². The Hall–Kier alpha value is 0.610. The molecule has 6 aliphatic rings. The summed E-state index contributed by atoms with van der Waals surface area (Å²) in [6, 6.07) is 1.32. The molecule has 34 heavy (non-hydrogen) atoms. The van der Waals surface area contributed by atoms with Gasteiger partial charge in [-0.1, -0.05) is 20.0 Å². The summed E-state index contributed by atoms with van der Waals surface area (Å²) in [5, 5.41) is 14.1. The van der Waals surface area contributed by atoms with Crippen molar-refractivity contribution in [3.63, 3.8) is 0 Å². The molecule has 0 N–H and O–H groups in total. The maximum atomic E-state index is 14.1. The zero-order chi connectivity index (χ0) is 23.1. The number of likely N-dealkylation sites (N-methyl/N-ethyl adjacent to an activating group) is 1. The lowest BCUT2D eigenvalue weighted by Crippen LogP contribution is -3.00. The molecule has 2 heterocycles. The van der Waals surface area contributed by atoms with E-state index < -0.39 is 0 Å². The molecule has 0 spiro atoms. The maximum Gasteiger partial charge on any atom is 0.0891 e. The Morgan fingerprint density at radius 3 is 2.00 bits per heavy atom. The molecular weight excluding hydrogens is 531 g/mol. The van der Waals surface area contributed by atoms with Gasteiger partial charge in [0.05, 0.1) is 52.4 Å². The second-order valence-electron chi connectivity index (χ2n) is 15.0. The molecule has 6 rings (SSSR count). The van der Waals surface area contributed by atoms with Gasteiger partial charge in [-0.3, -0.25) is 0 Å². The molecule has 0 radical (unpaired) electrons. The van der Waals surface area contributed by atoms with E-state index in [1.807, 2.05) is 0 Å². The first-order valence-corrected chi connectivity index (χ1v) is 15.0. The van der Waals surface area contributed by atoms with Crippen molar-refractivity contribution in [1.29, 1.82) is 0 Å². The van der Waals surface area contributed by atoms with Gasteiger partial charge in [0.2, 0.25) is 0 Å². The van der Waals surface area contributed by atoms with Crippen LogP contribution in [0.4, 0.5) is 0 Å². The molecule has 4 heteroatoms. The number of fused-ring (bicyclic) bond motifs is 5. The largest absolute Gasteiger partial charge is 1.00 e. The Morgan fingerprint density at radius 1 is 0.676 bits per heavy atom. The number of hydrogen-bond donors (Lipinski definition) is 0. The monoisotopic (exact) mass is 584 g/mol. The lowest BCUT2D eigenvalue weighted by molar-refractivity contribution is -0.946. The highest BCUT2D eigenvalue weighted by Gasteiger charge is 2.63. The zero-order valence-electron chi connectivity index (χ0n) is 22.7. The number of rotatable bonds is 2. The van der Waals surface area contributed by atoms with Crippen molar-refractivity contribution >= 4 is 0 Å². The van der Waals surface area contributed by atoms with Gasteiger partial charge in [-0.05, 0) is 92.3 Å². The molecule has 196 valence electrons. The highest BCUT2D eigenvalue weighted by atomic mass is 127. The average molecular weight is 585 g/mol. The van der Waals surface area contributed by atoms with Crippen molar-refractivity contribution in [1.82, 2.24) is 0 Å². The molecule has 4 aliphatic carbocycles. The number of quaternary nitrogens is 2. The van der Waals surface area contributed by atoms with Crippen molar-refractivity contribution < 1.29 is 38.0 Å². The summed E-state index contributed by atoms with van der Waals surface area (Å²) in [5.41, 5.74) is 0.624. The molecule has 0 aromatic carbocycles. The third-order valence-electron chi connectivity index (χ3n) is 13.7. The summed E-state index contributed by atoms with van der Waals surface area (Å²) in [6.07, 6.45) is 17.8. The van der Waals surface area contributed by atoms with Crippen molar-refractivity contribution in [2.75, 3.05) is 40.3 Å². The minimum atomic E-state index is -0.326. The number of hydrogen-bond acceptors (Lipinski definition) is 1. The van der Waals surface area contributed by atoms with Crippen molar-refractivity contribution in [3.05, 3.63) is 0 Å². The fourth-order valence-corrected chi connectivity index (χ4v) is 11.3. The van der Waals surface area contributed by atoms with Crippen LogP contribution in [0.3, 0.4) is 0 Å². The number of likely N-dealkylation sites (tertiary alicyclic amines) is 2. The van der Waals surface area contributed by atoms with Crippen LogP contribution in [0.1, 0.15) is 97.3 Å². The van der Waals surface area contributed by atoms with E-state index in [9.17, 15) is 5.11 Å². The van der Waals surface area contributed by atoms with Crippen molar-refractivity contribution in [3.8, 4) is 0 Å². The Labute approximate surface area is 227 Å². The van der Waals surface area contributed by atoms with Gasteiger partial charge in [-0.2, -0.15) is 0 Å². The summed E-state index contributed by atoms with van der Waals surface area (Å²) in [6.45, 7) is 10.6. The minimum Gasteiger partial charge on any atom is -1.00 e. The lowest BCUT2D eigenvalue weighted by Gasteiger charge is -2.62. The first kappa shape index (κ1) is 26.2. The van der Waals surface area contributed by atoms with E-state index in [1.165, 1.54) is 114 Å². The second kappa shape index (κ2) is 9.12. The highest BCUT2D eigenvalue weighted by Crippen LogP contribution is 2.67. The third-order valence-corrected chi connectivity index (χ3v) is 13.7. The zero-order valence-corrected chi connectivity index (χ0v) is 24.9. The van der Waals surface area contributed by atoms with Crippen LogP contribution in [-0.4, -0.2) is 67.4 Å². The van der Waals surface area contributed by atoms with Gasteiger partial charge in [0.1, 0.15) is 0 Å². The molecule has 2 aliphatic heterocycles. The number of halogens is 1. The Kier molecular flexibility index (Phi) is 7.03. The third kappa shape index (κ3) is 3.80. The van der Waals surface area contributed by atoms with Crippen LogP contribution in [0.5, 0.6) is 0 Å². The van der Waals surface area contributed by atoms with Crippen LogP contribution < -0.4 is 29.1 Å². The van der Waals surface area contributed by atoms with Gasteiger partial charge < -0.3 is 38.0 Å². The van der Waals surface area contributed by atoms with E-state index in [0.717, 1.165) is 28.3 Å². The summed E-state index contributed by atoms with van der Waals surface area (Å²) in [7, 11) is 5.03. The first-order chi connectivity index (χ1) is 15.7. The average Bonchev–Trinajstić information content (AvgIpc) is 3.36. The van der Waals surface area contributed by atoms with Crippen LogP contribution in [0, 0.1) is 34.5 Å². The number of piperidine rings is 1. The fourth-order valence-electron chi connectivity index (χ4n) is 11.3. The highest BCUT2D eigenvalue weighted by molar-refractivity contribution is 5.11. The minimum absolute atomic E-state index is 0. The van der Waals surface area contributed by atoms with Crippen LogP contribution in [-0.2, 0) is 0 Å². The van der Waals surface area contributed by atoms with E-state index in [4.69, 9.17) is 0 Å². The maximum absolute atomic E-state index is 14.1. The van der Waals surface area contributed by atoms with Crippen molar-refractivity contribution in [2.24, 2.45) is 34.5 Å². The van der Waals surface area contributed by atoms with Gasteiger partial charge in [-0.25, -0.2) is 0 Å². The predicted molar refractivity (Wildman–Crippen MR) is 133 cm³/mol. The van der Waals surface area contributed by atoms with Crippen LogP contribution in [0.15, 0.2) is 0 Å². The van der Waals surface area contributed by atoms with Crippen molar-refractivity contribution in [2.45, 2.75) is 116 Å².